The van der Waals surface area contributed by atoms with Gasteiger partial charge >= 0.3 is 5.69 Å². The number of aromatic nitrogens is 1. The van der Waals surface area contributed by atoms with E-state index in [1.807, 2.05) is 6.07 Å². The van der Waals surface area contributed by atoms with Crippen LogP contribution >= 0.6 is 0 Å². The van der Waals surface area contributed by atoms with Gasteiger partial charge < -0.3 is 14.4 Å². The zero-order chi connectivity index (χ0) is 15.0. The number of nitriles is 1. The molecule has 0 bridgehead atoms. The van der Waals surface area contributed by atoms with Crippen LogP contribution in [0.25, 0.3) is 0 Å². The van der Waals surface area contributed by atoms with Gasteiger partial charge in [-0.2, -0.15) is 10.2 Å². The van der Waals surface area contributed by atoms with E-state index in [0.717, 1.165) is 0 Å². The molecule has 108 valence electrons. The Balaban J connectivity index is 3.13. The number of nitro groups is 1. The first-order valence-electron chi connectivity index (χ1n) is 5.94. The highest BCUT2D eigenvalue weighted by molar-refractivity contribution is 5.59. The van der Waals surface area contributed by atoms with Gasteiger partial charge in [0.1, 0.15) is 0 Å². The fourth-order valence-electron chi connectivity index (χ4n) is 1.62. The predicted octanol–water partition coefficient (Wildman–Crippen LogP) is 1.36. The summed E-state index contributed by atoms with van der Waals surface area (Å²) in [6.07, 6.45) is 0.236. The lowest BCUT2D eigenvalue weighted by molar-refractivity contribution is -0.384. The maximum atomic E-state index is 11.1. The summed E-state index contributed by atoms with van der Waals surface area (Å²) < 4.78 is 9.97. The highest BCUT2D eigenvalue weighted by atomic mass is 16.6. The highest BCUT2D eigenvalue weighted by Gasteiger charge is 2.22. The molecule has 0 amide bonds. The minimum absolute atomic E-state index is 0.125. The Hall–Kier alpha value is -2.40. The second-order valence-corrected chi connectivity index (χ2v) is 3.84. The fraction of sp³-hybridized carbons (Fsp3) is 0.500. The number of methoxy groups -OCH3 is 2. The Morgan fingerprint density at radius 1 is 1.45 bits per heavy atom. The van der Waals surface area contributed by atoms with Crippen molar-refractivity contribution in [3.05, 3.63) is 22.2 Å². The van der Waals surface area contributed by atoms with E-state index in [2.05, 4.69) is 4.98 Å². The van der Waals surface area contributed by atoms with E-state index < -0.39 is 4.92 Å². The Kier molecular flexibility index (Phi) is 6.19. The molecule has 0 aliphatic carbocycles. The molecule has 0 fully saturated rings. The van der Waals surface area contributed by atoms with E-state index in [1.165, 1.54) is 26.4 Å². The van der Waals surface area contributed by atoms with Crippen LogP contribution in [0.4, 0.5) is 11.5 Å². The van der Waals surface area contributed by atoms with Gasteiger partial charge in [0.15, 0.2) is 0 Å². The van der Waals surface area contributed by atoms with Crippen molar-refractivity contribution in [2.45, 2.75) is 6.42 Å². The van der Waals surface area contributed by atoms with E-state index in [1.54, 1.807) is 4.90 Å². The van der Waals surface area contributed by atoms with Crippen molar-refractivity contribution >= 4 is 11.5 Å². The normalized spacial score (nSPS) is 9.85. The van der Waals surface area contributed by atoms with E-state index >= 15 is 0 Å². The first-order valence-corrected chi connectivity index (χ1v) is 5.94. The van der Waals surface area contributed by atoms with Crippen LogP contribution in [0.3, 0.4) is 0 Å². The Morgan fingerprint density at radius 3 is 2.75 bits per heavy atom. The van der Waals surface area contributed by atoms with E-state index in [-0.39, 0.29) is 23.8 Å². The maximum Gasteiger partial charge on any atom is 0.311 e. The van der Waals surface area contributed by atoms with Crippen LogP contribution in [-0.4, -0.2) is 43.8 Å². The maximum absolute atomic E-state index is 11.1. The SMILES string of the molecule is COCCN(CCC#N)c1nc(OC)ccc1[N+](=O)[O-]. The molecule has 0 atom stereocenters. The van der Waals surface area contributed by atoms with Gasteiger partial charge in [-0.15, -0.1) is 0 Å². The molecule has 0 spiro atoms. The minimum Gasteiger partial charge on any atom is -0.481 e. The van der Waals surface area contributed by atoms with Crippen LogP contribution in [0.5, 0.6) is 5.88 Å². The molecular formula is C12H16N4O4. The van der Waals surface area contributed by atoms with Crippen LogP contribution in [0.2, 0.25) is 0 Å². The summed E-state index contributed by atoms with van der Waals surface area (Å²) in [7, 11) is 2.97. The third kappa shape index (κ3) is 4.07. The number of nitrogens with zero attached hydrogens (tertiary/aromatic N) is 4. The molecule has 8 nitrogen and oxygen atoms in total. The summed E-state index contributed by atoms with van der Waals surface area (Å²) >= 11 is 0. The lowest BCUT2D eigenvalue weighted by Gasteiger charge is -2.22. The molecule has 0 aromatic carbocycles. The van der Waals surface area contributed by atoms with Crippen LogP contribution in [0.15, 0.2) is 12.1 Å². The molecule has 1 aromatic heterocycles. The first kappa shape index (κ1) is 15.7. The Labute approximate surface area is 116 Å². The molecule has 0 N–H and O–H groups in total. The van der Waals surface area contributed by atoms with Gasteiger partial charge in [0.05, 0.1) is 31.1 Å². The largest absolute Gasteiger partial charge is 0.481 e. The number of hydrogen-bond donors (Lipinski definition) is 0. The summed E-state index contributed by atoms with van der Waals surface area (Å²) in [6.45, 7) is 1.11. The van der Waals surface area contributed by atoms with Crippen molar-refractivity contribution in [3.8, 4) is 11.9 Å². The summed E-state index contributed by atoms with van der Waals surface area (Å²) in [5, 5.41) is 19.8. The fourth-order valence-corrected chi connectivity index (χ4v) is 1.62. The van der Waals surface area contributed by atoms with Gasteiger partial charge in [-0.25, -0.2) is 0 Å². The molecule has 0 aliphatic rings. The monoisotopic (exact) mass is 280 g/mol. The molecule has 1 heterocycles. The second-order valence-electron chi connectivity index (χ2n) is 3.84. The van der Waals surface area contributed by atoms with E-state index in [0.29, 0.717) is 19.7 Å². The van der Waals surface area contributed by atoms with Gasteiger partial charge in [0.25, 0.3) is 0 Å². The molecule has 0 saturated heterocycles. The zero-order valence-electron chi connectivity index (χ0n) is 11.4. The predicted molar refractivity (Wildman–Crippen MR) is 71.8 cm³/mol. The minimum atomic E-state index is -0.506. The first-order chi connectivity index (χ1) is 9.63. The van der Waals surface area contributed by atoms with Crippen LogP contribution in [0, 0.1) is 21.4 Å². The Morgan fingerprint density at radius 2 is 2.20 bits per heavy atom. The quantitative estimate of drug-likeness (QED) is 0.523. The number of rotatable bonds is 8. The molecule has 20 heavy (non-hydrogen) atoms. The smallest absolute Gasteiger partial charge is 0.311 e. The second kappa shape index (κ2) is 7.91. The number of pyridine rings is 1. The third-order valence-corrected chi connectivity index (χ3v) is 2.59. The highest BCUT2D eigenvalue weighted by Crippen LogP contribution is 2.28. The zero-order valence-corrected chi connectivity index (χ0v) is 11.4. The lowest BCUT2D eigenvalue weighted by atomic mass is 10.3. The third-order valence-electron chi connectivity index (χ3n) is 2.59. The topological polar surface area (TPSA) is 102 Å². The van der Waals surface area contributed by atoms with Crippen molar-refractivity contribution in [2.24, 2.45) is 0 Å². The average Bonchev–Trinajstić information content (AvgIpc) is 2.46. The number of hydrogen-bond acceptors (Lipinski definition) is 7. The van der Waals surface area contributed by atoms with Crippen molar-refractivity contribution < 1.29 is 14.4 Å². The molecule has 0 unspecified atom stereocenters. The summed E-state index contributed by atoms with van der Waals surface area (Å²) in [5.41, 5.74) is -0.125. The van der Waals surface area contributed by atoms with Gasteiger partial charge in [-0.3, -0.25) is 10.1 Å². The van der Waals surface area contributed by atoms with Crippen LogP contribution in [0.1, 0.15) is 6.42 Å². The summed E-state index contributed by atoms with van der Waals surface area (Å²) in [6, 6.07) is 4.78. The van der Waals surface area contributed by atoms with E-state index in [9.17, 15) is 10.1 Å². The van der Waals surface area contributed by atoms with Crippen molar-refractivity contribution in [1.82, 2.24) is 4.98 Å². The van der Waals surface area contributed by atoms with Crippen molar-refractivity contribution in [2.75, 3.05) is 38.8 Å². The van der Waals surface area contributed by atoms with Crippen LogP contribution in [-0.2, 0) is 4.74 Å². The standard InChI is InChI=1S/C12H16N4O4/c1-19-9-8-15(7-3-6-13)12-10(16(17)18)4-5-11(14-12)20-2/h4-5H,3,7-9H2,1-2H3. The average molecular weight is 280 g/mol. The Bertz CT molecular complexity index is 501. The lowest BCUT2D eigenvalue weighted by Crippen LogP contribution is -2.29. The van der Waals surface area contributed by atoms with Gasteiger partial charge in [-0.1, -0.05) is 0 Å². The number of ether oxygens (including phenoxy) is 2. The molecule has 0 radical (unpaired) electrons. The van der Waals surface area contributed by atoms with Gasteiger partial charge in [0.2, 0.25) is 11.7 Å². The van der Waals surface area contributed by atoms with E-state index in [4.69, 9.17) is 14.7 Å². The molecule has 0 saturated carbocycles. The van der Waals surface area contributed by atoms with Crippen molar-refractivity contribution in [1.29, 1.82) is 5.26 Å². The summed E-state index contributed by atoms with van der Waals surface area (Å²) in [4.78, 5) is 16.3. The molecule has 0 aliphatic heterocycles. The number of anilines is 1. The molecule has 8 heteroatoms. The van der Waals surface area contributed by atoms with Gasteiger partial charge in [-0.05, 0) is 0 Å². The molecule has 1 rings (SSSR count). The summed E-state index contributed by atoms with van der Waals surface area (Å²) in [5.74, 6) is 0.464. The molecule has 1 aromatic rings. The van der Waals surface area contributed by atoms with Gasteiger partial charge in [0, 0.05) is 32.3 Å². The van der Waals surface area contributed by atoms with Crippen molar-refractivity contribution in [3.63, 3.8) is 0 Å². The van der Waals surface area contributed by atoms with Crippen LogP contribution < -0.4 is 9.64 Å². The molecular weight excluding hydrogens is 264 g/mol.